The van der Waals surface area contributed by atoms with Crippen molar-refractivity contribution < 1.29 is 14.4 Å². The number of rotatable bonds is 6. The minimum atomic E-state index is -0.437. The summed E-state index contributed by atoms with van der Waals surface area (Å²) in [6.45, 7) is 9.06. The lowest BCUT2D eigenvalue weighted by molar-refractivity contribution is -0.135. The van der Waals surface area contributed by atoms with Gasteiger partial charge in [0, 0.05) is 54.4 Å². The lowest BCUT2D eigenvalue weighted by atomic mass is 9.80. The molecule has 1 saturated heterocycles. The molecule has 2 amide bonds. The van der Waals surface area contributed by atoms with Gasteiger partial charge in [-0.05, 0) is 60.2 Å². The average molecular weight is 516 g/mol. The second-order valence-corrected chi connectivity index (χ2v) is 11.3. The van der Waals surface area contributed by atoms with Gasteiger partial charge in [0.15, 0.2) is 5.78 Å². The highest BCUT2D eigenvalue weighted by molar-refractivity contribution is 7.10. The Labute approximate surface area is 222 Å². The number of amides is 2. The van der Waals surface area contributed by atoms with Crippen LogP contribution in [0, 0.1) is 5.92 Å². The lowest BCUT2D eigenvalue weighted by Crippen LogP contribution is -2.53. The van der Waals surface area contributed by atoms with Crippen molar-refractivity contribution in [3.8, 4) is 0 Å². The summed E-state index contributed by atoms with van der Waals surface area (Å²) in [6, 6.07) is 19.0. The monoisotopic (exact) mass is 515 g/mol. The third-order valence-electron chi connectivity index (χ3n) is 7.33. The van der Waals surface area contributed by atoms with Crippen LogP contribution in [0.15, 0.2) is 66.0 Å². The highest BCUT2D eigenvalue weighted by atomic mass is 32.1. The number of benzene rings is 2. The highest BCUT2D eigenvalue weighted by Gasteiger charge is 2.46. The summed E-state index contributed by atoms with van der Waals surface area (Å²) in [6.07, 6.45) is 0. The minimum Gasteiger partial charge on any atom is -0.368 e. The summed E-state index contributed by atoms with van der Waals surface area (Å²) in [7, 11) is 0. The SMILES string of the molecule is CC(=O)c1ccc(N2CCN(C(=O)[C@@H]3c4ccccc4C(=O)N(CC(C)C)[C@H]3c3cccs3)CC2)cc1. The van der Waals surface area contributed by atoms with Crippen molar-refractivity contribution in [1.29, 1.82) is 0 Å². The van der Waals surface area contributed by atoms with Crippen LogP contribution >= 0.6 is 11.3 Å². The van der Waals surface area contributed by atoms with Crippen LogP contribution < -0.4 is 4.90 Å². The molecule has 1 fully saturated rings. The van der Waals surface area contributed by atoms with E-state index in [1.54, 1.807) is 18.3 Å². The number of nitrogens with zero attached hydrogens (tertiary/aromatic N) is 3. The molecule has 5 rings (SSSR count). The molecule has 2 aliphatic heterocycles. The standard InChI is InChI=1S/C30H33N3O3S/c1-20(2)19-33-28(26-9-6-18-37-26)27(24-7-4-5-8-25(24)29(33)35)30(36)32-16-14-31(15-17-32)23-12-10-22(11-13-23)21(3)34/h4-13,18,20,27-28H,14-17,19H2,1-3H3/t27-,28+/m1/s1. The van der Waals surface area contributed by atoms with Gasteiger partial charge in [0.25, 0.3) is 5.91 Å². The Balaban J connectivity index is 1.43. The van der Waals surface area contributed by atoms with Gasteiger partial charge in [0.1, 0.15) is 0 Å². The molecule has 2 atom stereocenters. The van der Waals surface area contributed by atoms with Crippen LogP contribution in [-0.4, -0.2) is 60.1 Å². The van der Waals surface area contributed by atoms with Crippen LogP contribution in [-0.2, 0) is 4.79 Å². The van der Waals surface area contributed by atoms with Gasteiger partial charge >= 0.3 is 0 Å². The number of carbonyl (C=O) groups is 3. The van der Waals surface area contributed by atoms with E-state index in [1.807, 2.05) is 75.8 Å². The van der Waals surface area contributed by atoms with Gasteiger partial charge in [0.05, 0.1) is 12.0 Å². The van der Waals surface area contributed by atoms with E-state index in [1.165, 1.54) is 0 Å². The topological polar surface area (TPSA) is 60.9 Å². The van der Waals surface area contributed by atoms with Crippen molar-refractivity contribution in [3.63, 3.8) is 0 Å². The van der Waals surface area contributed by atoms with Crippen molar-refractivity contribution in [2.75, 3.05) is 37.6 Å². The molecule has 6 nitrogen and oxygen atoms in total. The van der Waals surface area contributed by atoms with Crippen molar-refractivity contribution in [1.82, 2.24) is 9.80 Å². The molecule has 37 heavy (non-hydrogen) atoms. The third kappa shape index (κ3) is 4.92. The van der Waals surface area contributed by atoms with Gasteiger partial charge in [-0.25, -0.2) is 0 Å². The number of carbonyl (C=O) groups excluding carboxylic acids is 3. The lowest BCUT2D eigenvalue weighted by Gasteiger charge is -2.44. The Kier molecular flexibility index (Phi) is 7.15. The summed E-state index contributed by atoms with van der Waals surface area (Å²) in [5.41, 5.74) is 3.23. The fourth-order valence-electron chi connectivity index (χ4n) is 5.52. The Morgan fingerprint density at radius 2 is 1.65 bits per heavy atom. The summed E-state index contributed by atoms with van der Waals surface area (Å²) >= 11 is 1.61. The maximum absolute atomic E-state index is 14.3. The molecular formula is C30H33N3O3S. The fourth-order valence-corrected chi connectivity index (χ4v) is 6.39. The normalized spacial score (nSPS) is 19.8. The first-order chi connectivity index (χ1) is 17.8. The van der Waals surface area contributed by atoms with E-state index >= 15 is 0 Å². The first-order valence-electron chi connectivity index (χ1n) is 12.9. The Hall–Kier alpha value is -3.45. The highest BCUT2D eigenvalue weighted by Crippen LogP contribution is 2.45. The van der Waals surface area contributed by atoms with Gasteiger partial charge < -0.3 is 14.7 Å². The molecule has 3 heterocycles. The predicted molar refractivity (Wildman–Crippen MR) is 147 cm³/mol. The molecule has 0 spiro atoms. The molecule has 0 bridgehead atoms. The predicted octanol–water partition coefficient (Wildman–Crippen LogP) is 5.24. The molecule has 192 valence electrons. The van der Waals surface area contributed by atoms with Gasteiger partial charge in [-0.3, -0.25) is 14.4 Å². The molecule has 2 aromatic carbocycles. The first-order valence-corrected chi connectivity index (χ1v) is 13.8. The number of Topliss-reactive ketones (excluding diaryl/α,β-unsaturated/α-hetero) is 1. The number of ketones is 1. The molecule has 0 radical (unpaired) electrons. The maximum Gasteiger partial charge on any atom is 0.254 e. The molecule has 0 aliphatic carbocycles. The smallest absolute Gasteiger partial charge is 0.254 e. The van der Waals surface area contributed by atoms with E-state index in [2.05, 4.69) is 18.7 Å². The Bertz CT molecular complexity index is 1280. The second-order valence-electron chi connectivity index (χ2n) is 10.3. The molecule has 0 saturated carbocycles. The van der Waals surface area contributed by atoms with Gasteiger partial charge in [0.2, 0.25) is 5.91 Å². The van der Waals surface area contributed by atoms with Crippen LogP contribution in [0.1, 0.15) is 63.9 Å². The summed E-state index contributed by atoms with van der Waals surface area (Å²) in [4.78, 5) is 46.7. The van der Waals surface area contributed by atoms with Crippen LogP contribution in [0.2, 0.25) is 0 Å². The fraction of sp³-hybridized carbons (Fsp3) is 0.367. The molecule has 0 unspecified atom stereocenters. The molecular weight excluding hydrogens is 482 g/mol. The van der Waals surface area contributed by atoms with Gasteiger partial charge in [-0.15, -0.1) is 11.3 Å². The number of thiophene rings is 1. The number of hydrogen-bond acceptors (Lipinski definition) is 5. The van der Waals surface area contributed by atoms with Crippen LogP contribution in [0.25, 0.3) is 0 Å². The summed E-state index contributed by atoms with van der Waals surface area (Å²) in [5, 5.41) is 2.02. The van der Waals surface area contributed by atoms with Crippen LogP contribution in [0.5, 0.6) is 0 Å². The van der Waals surface area contributed by atoms with Crippen LogP contribution in [0.4, 0.5) is 5.69 Å². The molecule has 0 N–H and O–H groups in total. The molecule has 3 aromatic rings. The van der Waals surface area contributed by atoms with E-state index in [9.17, 15) is 14.4 Å². The molecule has 7 heteroatoms. The summed E-state index contributed by atoms with van der Waals surface area (Å²) < 4.78 is 0. The Morgan fingerprint density at radius 1 is 0.946 bits per heavy atom. The maximum atomic E-state index is 14.3. The molecule has 1 aromatic heterocycles. The van der Waals surface area contributed by atoms with Gasteiger partial charge in [-0.2, -0.15) is 0 Å². The zero-order chi connectivity index (χ0) is 26.1. The van der Waals surface area contributed by atoms with E-state index in [0.29, 0.717) is 30.8 Å². The summed E-state index contributed by atoms with van der Waals surface area (Å²) in [5.74, 6) is -0.0117. The third-order valence-corrected chi connectivity index (χ3v) is 8.27. The number of piperazine rings is 1. The number of hydrogen-bond donors (Lipinski definition) is 0. The average Bonchev–Trinajstić information content (AvgIpc) is 3.44. The van der Waals surface area contributed by atoms with Crippen LogP contribution in [0.3, 0.4) is 0 Å². The minimum absolute atomic E-state index is 0.00516. The number of fused-ring (bicyclic) bond motifs is 1. The molecule has 2 aliphatic rings. The van der Waals surface area contributed by atoms with Gasteiger partial charge in [-0.1, -0.05) is 38.1 Å². The second kappa shape index (κ2) is 10.5. The van der Waals surface area contributed by atoms with E-state index in [4.69, 9.17) is 0 Å². The number of anilines is 1. The van der Waals surface area contributed by atoms with Crippen molar-refractivity contribution >= 4 is 34.6 Å². The zero-order valence-corrected chi connectivity index (χ0v) is 22.4. The first kappa shape index (κ1) is 25.2. The van der Waals surface area contributed by atoms with Crippen molar-refractivity contribution in [2.45, 2.75) is 32.7 Å². The van der Waals surface area contributed by atoms with E-state index < -0.39 is 5.92 Å². The van der Waals surface area contributed by atoms with Crippen molar-refractivity contribution in [3.05, 3.63) is 87.6 Å². The van der Waals surface area contributed by atoms with E-state index in [0.717, 1.165) is 29.2 Å². The zero-order valence-electron chi connectivity index (χ0n) is 21.6. The van der Waals surface area contributed by atoms with E-state index in [-0.39, 0.29) is 29.6 Å². The quantitative estimate of drug-likeness (QED) is 0.422. The largest absolute Gasteiger partial charge is 0.368 e. The van der Waals surface area contributed by atoms with Crippen molar-refractivity contribution in [2.24, 2.45) is 5.92 Å². The Morgan fingerprint density at radius 3 is 2.27 bits per heavy atom.